The number of hydrogen-bond donors (Lipinski definition) is 0. The molecule has 2 aromatic heterocycles. The first-order valence-electron chi connectivity index (χ1n) is 9.50. The van der Waals surface area contributed by atoms with Crippen LogP contribution in [0.4, 0.5) is 5.69 Å². The summed E-state index contributed by atoms with van der Waals surface area (Å²) in [5.41, 5.74) is 4.42. The third-order valence-corrected chi connectivity index (χ3v) is 5.93. The first-order valence-corrected chi connectivity index (χ1v) is 10.4. The molecule has 0 atom stereocenters. The molecular weight excluding hydrogens is 368 g/mol. The highest BCUT2D eigenvalue weighted by atomic mass is 32.1. The van der Waals surface area contributed by atoms with Gasteiger partial charge in [-0.25, -0.2) is 4.68 Å². The number of carbonyl (C=O) groups is 1. The van der Waals surface area contributed by atoms with Crippen molar-refractivity contribution < 1.29 is 4.79 Å². The van der Waals surface area contributed by atoms with E-state index in [4.69, 9.17) is 5.10 Å². The second-order valence-electron chi connectivity index (χ2n) is 6.93. The molecule has 1 fully saturated rings. The molecule has 0 unspecified atom stereocenters. The van der Waals surface area contributed by atoms with Crippen molar-refractivity contribution in [1.82, 2.24) is 14.7 Å². The Balaban J connectivity index is 1.44. The minimum absolute atomic E-state index is 0.0847. The molecule has 5 nitrogen and oxygen atoms in total. The maximum atomic E-state index is 12.5. The van der Waals surface area contributed by atoms with Crippen molar-refractivity contribution in [1.29, 1.82) is 0 Å². The number of thiophene rings is 1. The molecule has 0 N–H and O–H groups in total. The van der Waals surface area contributed by atoms with Crippen LogP contribution in [0.1, 0.15) is 16.3 Å². The molecule has 0 spiro atoms. The van der Waals surface area contributed by atoms with Crippen LogP contribution in [-0.2, 0) is 4.79 Å². The van der Waals surface area contributed by atoms with Gasteiger partial charge in [0.25, 0.3) is 0 Å². The highest BCUT2D eigenvalue weighted by molar-refractivity contribution is 7.10. The van der Waals surface area contributed by atoms with Crippen molar-refractivity contribution in [2.45, 2.75) is 13.8 Å². The smallest absolute Gasteiger partial charge is 0.246 e. The second-order valence-corrected chi connectivity index (χ2v) is 7.91. The van der Waals surface area contributed by atoms with E-state index in [0.29, 0.717) is 0 Å². The van der Waals surface area contributed by atoms with Crippen LogP contribution in [0.3, 0.4) is 0 Å². The summed E-state index contributed by atoms with van der Waals surface area (Å²) in [5.74, 6) is 0.0847. The van der Waals surface area contributed by atoms with Gasteiger partial charge in [0.15, 0.2) is 0 Å². The first kappa shape index (κ1) is 18.5. The molecule has 0 saturated carbocycles. The predicted molar refractivity (Wildman–Crippen MR) is 115 cm³/mol. The lowest BCUT2D eigenvalue weighted by Gasteiger charge is -2.35. The van der Waals surface area contributed by atoms with E-state index in [1.165, 1.54) is 5.69 Å². The van der Waals surface area contributed by atoms with Crippen LogP contribution in [0.15, 0.2) is 53.9 Å². The molecule has 6 heteroatoms. The highest BCUT2D eigenvalue weighted by Crippen LogP contribution is 2.27. The molecule has 0 aliphatic carbocycles. The zero-order chi connectivity index (χ0) is 19.5. The van der Waals surface area contributed by atoms with Crippen LogP contribution < -0.4 is 4.90 Å². The van der Waals surface area contributed by atoms with E-state index in [2.05, 4.69) is 30.9 Å². The molecule has 4 rings (SSSR count). The van der Waals surface area contributed by atoms with Crippen molar-refractivity contribution in [3.05, 3.63) is 70.2 Å². The minimum atomic E-state index is 0.0847. The van der Waals surface area contributed by atoms with E-state index < -0.39 is 0 Å². The quantitative estimate of drug-likeness (QED) is 0.632. The van der Waals surface area contributed by atoms with Crippen molar-refractivity contribution in [2.75, 3.05) is 31.1 Å². The van der Waals surface area contributed by atoms with E-state index in [-0.39, 0.29) is 5.91 Å². The van der Waals surface area contributed by atoms with Gasteiger partial charge < -0.3 is 9.80 Å². The number of aromatic nitrogens is 2. The van der Waals surface area contributed by atoms with Crippen LogP contribution in [0.25, 0.3) is 11.8 Å². The minimum Gasteiger partial charge on any atom is -0.365 e. The van der Waals surface area contributed by atoms with E-state index in [1.54, 1.807) is 17.4 Å². The fraction of sp³-hybridized carbons (Fsp3) is 0.273. The normalized spacial score (nSPS) is 14.8. The van der Waals surface area contributed by atoms with Crippen LogP contribution in [0.5, 0.6) is 0 Å². The lowest BCUT2D eigenvalue weighted by Crippen LogP contribution is -2.48. The van der Waals surface area contributed by atoms with Crippen LogP contribution >= 0.6 is 11.3 Å². The number of anilines is 1. The Bertz CT molecular complexity index is 968. The zero-order valence-corrected chi connectivity index (χ0v) is 17.0. The first-order chi connectivity index (χ1) is 13.6. The van der Waals surface area contributed by atoms with E-state index in [9.17, 15) is 4.79 Å². The summed E-state index contributed by atoms with van der Waals surface area (Å²) in [6.07, 6.45) is 3.59. The molecule has 144 valence electrons. The number of piperazine rings is 1. The number of amides is 1. The van der Waals surface area contributed by atoms with Gasteiger partial charge in [-0.1, -0.05) is 24.3 Å². The number of aryl methyl sites for hydroxylation is 1. The molecule has 0 bridgehead atoms. The SMILES string of the molecule is Cc1nn(-c2ccccc2)c(C)c1N1CCN(C(=O)/C=C/c2cccs2)CC1. The van der Waals surface area contributed by atoms with Gasteiger partial charge in [0.2, 0.25) is 5.91 Å². The second kappa shape index (κ2) is 8.02. The van der Waals surface area contributed by atoms with Crippen molar-refractivity contribution >= 4 is 29.0 Å². The number of benzene rings is 1. The summed E-state index contributed by atoms with van der Waals surface area (Å²) in [6, 6.07) is 14.2. The largest absolute Gasteiger partial charge is 0.365 e. The molecule has 0 radical (unpaired) electrons. The predicted octanol–water partition coefficient (Wildman–Crippen LogP) is 3.91. The third-order valence-electron chi connectivity index (χ3n) is 5.09. The average molecular weight is 393 g/mol. The molecule has 28 heavy (non-hydrogen) atoms. The molecule has 1 aliphatic heterocycles. The topological polar surface area (TPSA) is 41.4 Å². The Morgan fingerprint density at radius 3 is 2.46 bits per heavy atom. The van der Waals surface area contributed by atoms with Crippen LogP contribution in [0.2, 0.25) is 0 Å². The number of para-hydroxylation sites is 1. The number of rotatable bonds is 4. The van der Waals surface area contributed by atoms with Gasteiger partial charge >= 0.3 is 0 Å². The molecule has 1 saturated heterocycles. The standard InChI is InChI=1S/C22H24N4OS/c1-17-22(18(2)26(23-17)19-7-4-3-5-8-19)25-14-12-24(13-15-25)21(27)11-10-20-9-6-16-28-20/h3-11,16H,12-15H2,1-2H3/b11-10+. The molecule has 1 amide bonds. The summed E-state index contributed by atoms with van der Waals surface area (Å²) in [7, 11) is 0. The summed E-state index contributed by atoms with van der Waals surface area (Å²) >= 11 is 1.64. The van der Waals surface area contributed by atoms with Gasteiger partial charge in [-0.15, -0.1) is 11.3 Å². The zero-order valence-electron chi connectivity index (χ0n) is 16.2. The molecular formula is C22H24N4OS. The summed E-state index contributed by atoms with van der Waals surface area (Å²) in [6.45, 7) is 7.26. The lowest BCUT2D eigenvalue weighted by atomic mass is 10.2. The molecule has 1 aromatic carbocycles. The van der Waals surface area contributed by atoms with Crippen LogP contribution in [-0.4, -0.2) is 46.8 Å². The molecule has 3 heterocycles. The fourth-order valence-corrected chi connectivity index (χ4v) is 4.33. The Morgan fingerprint density at radius 1 is 1.04 bits per heavy atom. The van der Waals surface area contributed by atoms with E-state index >= 15 is 0 Å². The molecule has 1 aliphatic rings. The monoisotopic (exact) mass is 392 g/mol. The van der Waals surface area contributed by atoms with Gasteiger partial charge in [0.1, 0.15) is 0 Å². The van der Waals surface area contributed by atoms with Gasteiger partial charge in [-0.2, -0.15) is 5.10 Å². The maximum absolute atomic E-state index is 12.5. The average Bonchev–Trinajstić information content (AvgIpc) is 3.35. The summed E-state index contributed by atoms with van der Waals surface area (Å²) in [4.78, 5) is 17.8. The Labute approximate surface area is 169 Å². The third kappa shape index (κ3) is 3.73. The molecule has 3 aromatic rings. The van der Waals surface area contributed by atoms with E-state index in [0.717, 1.165) is 48.1 Å². The van der Waals surface area contributed by atoms with E-state index in [1.807, 2.05) is 51.4 Å². The van der Waals surface area contributed by atoms with Crippen molar-refractivity contribution in [3.8, 4) is 5.69 Å². The Hall–Kier alpha value is -2.86. The highest BCUT2D eigenvalue weighted by Gasteiger charge is 2.24. The number of carbonyl (C=O) groups excluding carboxylic acids is 1. The van der Waals surface area contributed by atoms with Gasteiger partial charge in [-0.3, -0.25) is 4.79 Å². The summed E-state index contributed by atoms with van der Waals surface area (Å²) in [5, 5.41) is 6.77. The number of hydrogen-bond acceptors (Lipinski definition) is 4. The lowest BCUT2D eigenvalue weighted by molar-refractivity contribution is -0.126. The Morgan fingerprint density at radius 2 is 1.79 bits per heavy atom. The van der Waals surface area contributed by atoms with Gasteiger partial charge in [-0.05, 0) is 43.5 Å². The van der Waals surface area contributed by atoms with Crippen LogP contribution in [0, 0.1) is 13.8 Å². The Kier molecular flexibility index (Phi) is 5.30. The number of nitrogens with zero attached hydrogens (tertiary/aromatic N) is 4. The fourth-order valence-electron chi connectivity index (χ4n) is 3.71. The summed E-state index contributed by atoms with van der Waals surface area (Å²) < 4.78 is 2.01. The maximum Gasteiger partial charge on any atom is 0.246 e. The van der Waals surface area contributed by atoms with Crippen molar-refractivity contribution in [2.24, 2.45) is 0 Å². The van der Waals surface area contributed by atoms with Crippen molar-refractivity contribution in [3.63, 3.8) is 0 Å². The van der Waals surface area contributed by atoms with Gasteiger partial charge in [0, 0.05) is 37.1 Å². The van der Waals surface area contributed by atoms with Gasteiger partial charge in [0.05, 0.1) is 22.8 Å².